The number of thiol groups is 1. The number of hydrogen-bond donors (Lipinski definition) is 21. The number of hydrogen-bond acceptors (Lipinski definition) is 44. The number of carbonyl (C=O) groups is 4. The summed E-state index contributed by atoms with van der Waals surface area (Å²) in [6.45, 7) is 5.36. The Hall–Kier alpha value is -0.600. The van der Waals surface area contributed by atoms with Gasteiger partial charge in [0.1, 0.15) is 146 Å². The zero-order valence-electron chi connectivity index (χ0n) is 61.9. The second-order valence-electron chi connectivity index (χ2n) is 28.0. The lowest BCUT2D eigenvalue weighted by Crippen LogP contribution is -2.69. The van der Waals surface area contributed by atoms with Crippen LogP contribution in [-0.4, -0.2) is 458 Å². The first-order valence-electron chi connectivity index (χ1n) is 37.2. The number of thioether (sulfide) groups is 7. The molecule has 30 aliphatic heterocycles. The summed E-state index contributed by atoms with van der Waals surface area (Å²) >= 11 is 12.1. The third kappa shape index (κ3) is 24.9. The van der Waals surface area contributed by atoms with Gasteiger partial charge in [-0.1, -0.05) is 20.8 Å². The lowest BCUT2D eigenvalue weighted by Gasteiger charge is -2.51. The molecule has 660 valence electrons. The number of ether oxygens (including phenoxy) is 16. The molecule has 0 saturated carbocycles. The van der Waals surface area contributed by atoms with Crippen LogP contribution in [0.2, 0.25) is 0 Å². The molecule has 0 aromatic carbocycles. The summed E-state index contributed by atoms with van der Waals surface area (Å²) in [5, 5.41) is 231. The van der Waals surface area contributed by atoms with Crippen LogP contribution in [0.25, 0.3) is 0 Å². The molecule has 16 unspecified atom stereocenters. The van der Waals surface area contributed by atoms with Gasteiger partial charge in [-0.3, -0.25) is 19.2 Å². The Labute approximate surface area is 690 Å². The molecular formula is C66H108O40S8. The number of aliphatic hydroxyl groups excluding tert-OH is 16. The van der Waals surface area contributed by atoms with Crippen LogP contribution < -0.4 is 0 Å². The maximum absolute atomic E-state index is 12.2. The van der Waals surface area contributed by atoms with Crippen LogP contribution in [0.3, 0.4) is 0 Å². The fourth-order valence-corrected chi connectivity index (χ4v) is 20.4. The van der Waals surface area contributed by atoms with Crippen molar-refractivity contribution in [1.29, 1.82) is 0 Å². The van der Waals surface area contributed by atoms with Gasteiger partial charge in [-0.25, -0.2) is 0 Å². The maximum Gasteiger partial charge on any atom is 0.304 e. The van der Waals surface area contributed by atoms with Crippen LogP contribution >= 0.6 is 95.0 Å². The molecule has 40 atom stereocenters. The van der Waals surface area contributed by atoms with Gasteiger partial charge >= 0.3 is 23.9 Å². The molecule has 16 bridgehead atoms. The fraction of sp³-hybridized carbons (Fsp3) is 0.939. The topological polar surface area (TPSA) is 621 Å². The smallest absolute Gasteiger partial charge is 0.304 e. The van der Waals surface area contributed by atoms with E-state index in [1.807, 2.05) is 0 Å². The molecular weight excluding hydrogens is 1690 g/mol. The van der Waals surface area contributed by atoms with E-state index >= 15 is 0 Å². The Kier molecular flexibility index (Phi) is 39.6. The summed E-state index contributed by atoms with van der Waals surface area (Å²) in [7, 11) is 0. The van der Waals surface area contributed by atoms with Crippen LogP contribution in [0.5, 0.6) is 0 Å². The van der Waals surface area contributed by atoms with Gasteiger partial charge in [-0.2, -0.15) is 95.0 Å². The van der Waals surface area contributed by atoms with Crippen molar-refractivity contribution in [3.8, 4) is 0 Å². The molecule has 30 aliphatic rings. The Morgan fingerprint density at radius 3 is 0.509 bits per heavy atom. The van der Waals surface area contributed by atoms with Crippen LogP contribution in [-0.2, 0) is 95.0 Å². The van der Waals surface area contributed by atoms with Crippen LogP contribution in [0.15, 0.2) is 0 Å². The molecule has 0 amide bonds. The SMILES string of the molecule is CCSCC1O[C@@H]2O[C@@H]3C(CSCCC(=O)O)O[C@@H](O[C@@H]4C(CSCC)O[C@@H](O[C@@H]5C(CSCC)O[C@H](O[C@@H]6C(CSCCC(=O)O)O[C@H](O[C@@H]7C(CS)O[C@H](O[C@@H]8C(CSCCC(=O)O)O[C@H](O[C@@H]9C(CSCCC(=O)O)O[C@H](O[C@H]1[C@H](O)C2O)C(O)[C@H]9O)C(O)[C@H]8O)C(O)[C@H]7O)C(O)[C@H]6O)C(O)[C@H]5O)C(O)[C@H]4O)C(O)[C@H]3O. The van der Waals surface area contributed by atoms with Gasteiger partial charge in [0.25, 0.3) is 0 Å². The van der Waals surface area contributed by atoms with E-state index in [9.17, 15) is 121 Å². The minimum Gasteiger partial charge on any atom is -0.481 e. The van der Waals surface area contributed by atoms with Crippen LogP contribution in [0.1, 0.15) is 46.5 Å². The van der Waals surface area contributed by atoms with E-state index < -0.39 is 270 Å². The highest BCUT2D eigenvalue weighted by molar-refractivity contribution is 8.00. The molecule has 30 fully saturated rings. The average molecular weight is 1800 g/mol. The molecule has 114 heavy (non-hydrogen) atoms. The van der Waals surface area contributed by atoms with Crippen molar-refractivity contribution >= 4 is 119 Å². The number of aliphatic carboxylic acids is 4. The lowest BCUT2D eigenvalue weighted by molar-refractivity contribution is -0.396. The molecule has 0 aliphatic carbocycles. The number of rotatable bonds is 30. The predicted molar refractivity (Wildman–Crippen MR) is 406 cm³/mol. The summed E-state index contributed by atoms with van der Waals surface area (Å²) in [6.07, 6.45) is -76.0. The third-order valence-electron chi connectivity index (χ3n) is 20.1. The van der Waals surface area contributed by atoms with Gasteiger partial charge < -0.3 is 178 Å². The predicted octanol–water partition coefficient (Wildman–Crippen LogP) is -6.32. The zero-order valence-corrected chi connectivity index (χ0v) is 68.6. The molecule has 0 spiro atoms. The van der Waals surface area contributed by atoms with Gasteiger partial charge in [0.2, 0.25) is 0 Å². The van der Waals surface area contributed by atoms with Crippen molar-refractivity contribution in [3.63, 3.8) is 0 Å². The lowest BCUT2D eigenvalue weighted by atomic mass is 9.95. The molecule has 0 radical (unpaired) electrons. The van der Waals surface area contributed by atoms with E-state index in [0.717, 1.165) is 47.0 Å². The second kappa shape index (κ2) is 46.4. The highest BCUT2D eigenvalue weighted by Gasteiger charge is 2.61. The van der Waals surface area contributed by atoms with E-state index in [2.05, 4.69) is 12.6 Å². The molecule has 30 heterocycles. The first-order valence-corrected chi connectivity index (χ1v) is 45.9. The van der Waals surface area contributed by atoms with Crippen molar-refractivity contribution < 1.29 is 197 Å². The van der Waals surface area contributed by atoms with Crippen LogP contribution in [0, 0.1) is 0 Å². The molecule has 30 saturated heterocycles. The van der Waals surface area contributed by atoms with E-state index in [0.29, 0.717) is 17.3 Å². The number of carboxylic acids is 4. The monoisotopic (exact) mass is 1800 g/mol. The highest BCUT2D eigenvalue weighted by Crippen LogP contribution is 2.42. The van der Waals surface area contributed by atoms with Gasteiger partial charge in [0.15, 0.2) is 50.3 Å². The summed E-state index contributed by atoms with van der Waals surface area (Å²) < 4.78 is 100. The van der Waals surface area contributed by atoms with Crippen molar-refractivity contribution in [2.45, 2.75) is 292 Å². The Morgan fingerprint density at radius 1 is 0.228 bits per heavy atom. The Bertz CT molecular complexity index is 2930. The van der Waals surface area contributed by atoms with Crippen molar-refractivity contribution in [2.75, 3.05) is 86.3 Å². The quantitative estimate of drug-likeness (QED) is 0.0235. The number of aliphatic hydroxyl groups is 16. The number of carboxylic acid groups (broad SMARTS) is 4. The minimum atomic E-state index is -2.20. The van der Waals surface area contributed by atoms with Gasteiger partial charge in [-0.05, 0) is 17.3 Å². The first kappa shape index (κ1) is 97.2. The minimum absolute atomic E-state index is 0.0279. The van der Waals surface area contributed by atoms with E-state index in [1.54, 1.807) is 20.8 Å². The summed E-state index contributed by atoms with van der Waals surface area (Å²) in [5.41, 5.74) is 0. The first-order chi connectivity index (χ1) is 54.3. The zero-order chi connectivity index (χ0) is 83.1. The highest BCUT2D eigenvalue weighted by atomic mass is 32.2. The van der Waals surface area contributed by atoms with Crippen molar-refractivity contribution in [3.05, 3.63) is 0 Å². The van der Waals surface area contributed by atoms with Crippen molar-refractivity contribution in [1.82, 2.24) is 0 Å². The van der Waals surface area contributed by atoms with E-state index in [1.165, 1.54) is 35.3 Å². The normalized spacial score (nSPS) is 45.3. The largest absolute Gasteiger partial charge is 0.481 e. The summed E-state index contributed by atoms with van der Waals surface area (Å²) in [4.78, 5) is 46.8. The molecule has 0 aromatic rings. The van der Waals surface area contributed by atoms with Gasteiger partial charge in [0, 0.05) is 69.0 Å². The molecule has 20 N–H and O–H groups in total. The second-order valence-corrected chi connectivity index (χ2v) is 37.0. The molecule has 40 nitrogen and oxygen atoms in total. The van der Waals surface area contributed by atoms with Crippen molar-refractivity contribution in [2.24, 2.45) is 0 Å². The summed E-state index contributed by atoms with van der Waals surface area (Å²) in [6, 6.07) is 0. The van der Waals surface area contributed by atoms with Gasteiger partial charge in [-0.15, -0.1) is 0 Å². The van der Waals surface area contributed by atoms with Crippen LogP contribution in [0.4, 0.5) is 0 Å². The fourth-order valence-electron chi connectivity index (χ4n) is 14.0. The van der Waals surface area contributed by atoms with Gasteiger partial charge in [0.05, 0.1) is 74.5 Å². The Morgan fingerprint density at radius 2 is 0.368 bits per heavy atom. The average Bonchev–Trinajstić information content (AvgIpc) is 0.772. The van der Waals surface area contributed by atoms with E-state index in [-0.39, 0.29) is 94.7 Å². The summed E-state index contributed by atoms with van der Waals surface area (Å²) in [5.74, 6) is -5.20. The molecule has 48 heteroatoms. The van der Waals surface area contributed by atoms with E-state index in [4.69, 9.17) is 75.8 Å². The maximum atomic E-state index is 12.2. The standard InChI is InChI=1S/C66H108O40S8/c1-4-108-16-24-52-37(77)46(86)62(93-24)104-56-28(20-112-12-8-32(69)70)95-60(44(84)39(56)79)99-51-23(15-107)91-59(43(83)35(51)75)100-55-27(19-111-11-7-31(67)68)96-66(48(88)40(55)80)106-58-30(22-114-14-10-34(73)74)98-65(50(90)42(58)82)103-54-26(18-110-6-3)94-63(47(87)38(54)78)105-57-29(21-113-13-9-33(71)72)97-64(49(89)41(57)81)102-53-25(17-109-5-2)92-61(101-52)45(85)36(53)76/h23-30,35-66,75-90,107H,4-22H2,1-3H3,(H,67,68)(H,69,70)(H,71,72)(H,73,74)/t23?,24?,25?,26?,27?,28?,29?,30?,35-,36-,37-,38-,39-,40-,41-,42-,43?,44?,45?,46?,47?,48?,49?,50?,51-,52-,53-,54-,55-,56-,57-,58-,59-,60-,61+,62-,63-,64+,65-,66-/m1/s1. The third-order valence-corrected chi connectivity index (χ3v) is 27.6. The Balaban J connectivity index is 1.07. The molecule has 0 aromatic heterocycles. The molecule has 30 rings (SSSR count).